The normalized spacial score (nSPS) is 25.1. The summed E-state index contributed by atoms with van der Waals surface area (Å²) < 4.78 is 27.4. The van der Waals surface area contributed by atoms with Gasteiger partial charge >= 0.3 is 0 Å². The highest BCUT2D eigenvalue weighted by molar-refractivity contribution is 9.11. The summed E-state index contributed by atoms with van der Waals surface area (Å²) in [5.41, 5.74) is 5.61. The van der Waals surface area contributed by atoms with Gasteiger partial charge in [0.2, 0.25) is 0 Å². The van der Waals surface area contributed by atoms with Crippen molar-refractivity contribution in [2.75, 3.05) is 19.6 Å². The van der Waals surface area contributed by atoms with Crippen LogP contribution in [0, 0.1) is 5.41 Å². The molecule has 2 N–H and O–H groups in total. The van der Waals surface area contributed by atoms with Crippen molar-refractivity contribution in [2.45, 2.75) is 17.6 Å². The van der Waals surface area contributed by atoms with Crippen LogP contribution in [-0.4, -0.2) is 32.4 Å². The maximum atomic E-state index is 12.3. The van der Waals surface area contributed by atoms with Gasteiger partial charge in [0.1, 0.15) is 4.21 Å². The van der Waals surface area contributed by atoms with E-state index in [1.54, 1.807) is 12.1 Å². The number of hydrogen-bond donors (Lipinski definition) is 1. The molecule has 1 aliphatic rings. The highest BCUT2D eigenvalue weighted by Crippen LogP contribution is 2.35. The van der Waals surface area contributed by atoms with Crippen molar-refractivity contribution in [1.82, 2.24) is 4.31 Å². The van der Waals surface area contributed by atoms with Gasteiger partial charge in [-0.2, -0.15) is 4.31 Å². The first-order valence-corrected chi connectivity index (χ1v) is 8.38. The second-order valence-corrected chi connectivity index (χ2v) is 9.29. The molecule has 2 heterocycles. The zero-order valence-electron chi connectivity index (χ0n) is 9.93. The van der Waals surface area contributed by atoms with E-state index >= 15 is 0 Å². The van der Waals surface area contributed by atoms with Gasteiger partial charge in [-0.15, -0.1) is 23.7 Å². The molecular formula is C10H16BrClN2O2S2. The Bertz CT molecular complexity index is 520. The van der Waals surface area contributed by atoms with E-state index in [9.17, 15) is 8.42 Å². The maximum absolute atomic E-state index is 12.3. The first kappa shape index (κ1) is 16.4. The molecule has 0 bridgehead atoms. The Morgan fingerprint density at radius 3 is 2.67 bits per heavy atom. The minimum absolute atomic E-state index is 0. The van der Waals surface area contributed by atoms with Gasteiger partial charge in [-0.05, 0) is 46.4 Å². The summed E-state index contributed by atoms with van der Waals surface area (Å²) in [6, 6.07) is 3.40. The molecule has 1 aromatic rings. The van der Waals surface area contributed by atoms with Crippen molar-refractivity contribution in [3.63, 3.8) is 0 Å². The third-order valence-corrected chi connectivity index (χ3v) is 7.09. The Morgan fingerprint density at radius 2 is 2.22 bits per heavy atom. The maximum Gasteiger partial charge on any atom is 0.252 e. The molecule has 1 saturated heterocycles. The minimum Gasteiger partial charge on any atom is -0.330 e. The molecule has 2 rings (SSSR count). The van der Waals surface area contributed by atoms with Crippen LogP contribution in [0.25, 0.3) is 0 Å². The molecule has 1 unspecified atom stereocenters. The molecule has 0 saturated carbocycles. The molecule has 1 aliphatic heterocycles. The molecule has 1 atom stereocenters. The topological polar surface area (TPSA) is 63.4 Å². The van der Waals surface area contributed by atoms with E-state index in [0.717, 1.165) is 10.2 Å². The summed E-state index contributed by atoms with van der Waals surface area (Å²) in [4.78, 5) is 0. The second kappa shape index (κ2) is 5.76. The Labute approximate surface area is 126 Å². The van der Waals surface area contributed by atoms with Crippen LogP contribution in [0.4, 0.5) is 0 Å². The van der Waals surface area contributed by atoms with Gasteiger partial charge in [0.05, 0.1) is 3.79 Å². The number of sulfonamides is 1. The fourth-order valence-electron chi connectivity index (χ4n) is 1.91. The van der Waals surface area contributed by atoms with E-state index in [1.165, 1.54) is 15.6 Å². The van der Waals surface area contributed by atoms with E-state index in [-0.39, 0.29) is 17.8 Å². The van der Waals surface area contributed by atoms with Crippen LogP contribution in [-0.2, 0) is 10.0 Å². The molecule has 4 nitrogen and oxygen atoms in total. The molecule has 0 radical (unpaired) electrons. The Kier molecular flexibility index (Phi) is 5.25. The summed E-state index contributed by atoms with van der Waals surface area (Å²) in [5.74, 6) is 0. The van der Waals surface area contributed by atoms with Crippen molar-refractivity contribution < 1.29 is 8.42 Å². The van der Waals surface area contributed by atoms with Gasteiger partial charge < -0.3 is 5.73 Å². The number of nitrogens with two attached hydrogens (primary N) is 1. The highest BCUT2D eigenvalue weighted by Gasteiger charge is 2.39. The van der Waals surface area contributed by atoms with Crippen LogP contribution in [0.15, 0.2) is 20.1 Å². The van der Waals surface area contributed by atoms with Crippen LogP contribution in [0.1, 0.15) is 13.3 Å². The van der Waals surface area contributed by atoms with E-state index in [1.807, 2.05) is 6.92 Å². The quantitative estimate of drug-likeness (QED) is 0.881. The molecular weight excluding hydrogens is 360 g/mol. The van der Waals surface area contributed by atoms with Gasteiger partial charge in [0.25, 0.3) is 10.0 Å². The van der Waals surface area contributed by atoms with Crippen molar-refractivity contribution in [3.8, 4) is 0 Å². The second-order valence-electron chi connectivity index (χ2n) is 4.66. The molecule has 18 heavy (non-hydrogen) atoms. The lowest BCUT2D eigenvalue weighted by molar-refractivity contribution is 0.350. The minimum atomic E-state index is -3.33. The summed E-state index contributed by atoms with van der Waals surface area (Å²) in [6.45, 7) is 3.63. The number of hydrogen-bond acceptors (Lipinski definition) is 4. The van der Waals surface area contributed by atoms with Crippen LogP contribution >= 0.6 is 39.7 Å². The third kappa shape index (κ3) is 3.08. The standard InChI is InChI=1S/C10H15BrN2O2S2.ClH/c1-10(6-12)4-5-13(7-10)17(14,15)9-3-2-8(11)16-9;/h2-3H,4-7,12H2,1H3;1H. The Balaban J connectivity index is 0.00000162. The van der Waals surface area contributed by atoms with Crippen LogP contribution in [0.5, 0.6) is 0 Å². The van der Waals surface area contributed by atoms with Gasteiger partial charge in [-0.25, -0.2) is 8.42 Å². The van der Waals surface area contributed by atoms with Crippen molar-refractivity contribution >= 4 is 49.7 Å². The molecule has 0 aliphatic carbocycles. The molecule has 104 valence electrons. The Hall–Kier alpha value is 0.340. The highest BCUT2D eigenvalue weighted by atomic mass is 79.9. The summed E-state index contributed by atoms with van der Waals surface area (Å²) in [5, 5.41) is 0. The molecule has 1 aromatic heterocycles. The van der Waals surface area contributed by atoms with Gasteiger partial charge in [0, 0.05) is 13.1 Å². The fourth-order valence-corrected chi connectivity index (χ4v) is 5.67. The zero-order valence-corrected chi connectivity index (χ0v) is 14.0. The molecule has 0 spiro atoms. The molecule has 0 aromatic carbocycles. The zero-order chi connectivity index (χ0) is 12.7. The van der Waals surface area contributed by atoms with Gasteiger partial charge in [-0.3, -0.25) is 0 Å². The van der Waals surface area contributed by atoms with Crippen LogP contribution in [0.3, 0.4) is 0 Å². The van der Waals surface area contributed by atoms with Crippen molar-refractivity contribution in [2.24, 2.45) is 11.1 Å². The van der Waals surface area contributed by atoms with E-state index in [2.05, 4.69) is 15.9 Å². The van der Waals surface area contributed by atoms with Crippen LogP contribution in [0.2, 0.25) is 0 Å². The predicted octanol–water partition coefficient (Wildman–Crippen LogP) is 2.29. The van der Waals surface area contributed by atoms with E-state index in [0.29, 0.717) is 23.8 Å². The van der Waals surface area contributed by atoms with Crippen LogP contribution < -0.4 is 5.73 Å². The van der Waals surface area contributed by atoms with Gasteiger partial charge in [-0.1, -0.05) is 6.92 Å². The third-order valence-electron chi connectivity index (χ3n) is 3.16. The van der Waals surface area contributed by atoms with E-state index in [4.69, 9.17) is 5.73 Å². The van der Waals surface area contributed by atoms with Crippen molar-refractivity contribution in [1.29, 1.82) is 0 Å². The lowest BCUT2D eigenvalue weighted by atomic mass is 9.90. The predicted molar refractivity (Wildman–Crippen MR) is 79.8 cm³/mol. The molecule has 1 fully saturated rings. The summed E-state index contributed by atoms with van der Waals surface area (Å²) in [6.07, 6.45) is 0.829. The van der Waals surface area contributed by atoms with Gasteiger partial charge in [0.15, 0.2) is 0 Å². The average molecular weight is 376 g/mol. The summed E-state index contributed by atoms with van der Waals surface area (Å²) >= 11 is 4.53. The molecule has 0 amide bonds. The summed E-state index contributed by atoms with van der Waals surface area (Å²) in [7, 11) is -3.33. The monoisotopic (exact) mass is 374 g/mol. The fraction of sp³-hybridized carbons (Fsp3) is 0.600. The van der Waals surface area contributed by atoms with E-state index < -0.39 is 10.0 Å². The Morgan fingerprint density at radius 1 is 1.56 bits per heavy atom. The lowest BCUT2D eigenvalue weighted by Crippen LogP contribution is -2.34. The SMILES string of the molecule is CC1(CN)CCN(S(=O)(=O)c2ccc(Br)s2)C1.Cl. The number of rotatable bonds is 3. The van der Waals surface area contributed by atoms with Crippen molar-refractivity contribution in [3.05, 3.63) is 15.9 Å². The largest absolute Gasteiger partial charge is 0.330 e. The number of nitrogens with zero attached hydrogens (tertiary/aromatic N) is 1. The number of thiophene rings is 1. The molecule has 8 heteroatoms. The lowest BCUT2D eigenvalue weighted by Gasteiger charge is -2.21. The first-order valence-electron chi connectivity index (χ1n) is 5.33. The number of halogens is 2. The smallest absolute Gasteiger partial charge is 0.252 e. The first-order chi connectivity index (χ1) is 7.87. The average Bonchev–Trinajstić information content (AvgIpc) is 2.86.